The Hall–Kier alpha value is -0.570. The van der Waals surface area contributed by atoms with Crippen molar-refractivity contribution in [3.05, 3.63) is 0 Å². The fraction of sp³-hybridized carbons (Fsp3) is 0.889. The maximum Gasteiger partial charge on any atom is 0.219 e. The molecule has 0 aromatic heterocycles. The molecule has 2 aliphatic rings. The number of likely N-dealkylation sites (tertiary alicyclic amines) is 1. The lowest BCUT2D eigenvalue weighted by Crippen LogP contribution is -2.47. The third-order valence-corrected chi connectivity index (χ3v) is 3.08. The van der Waals surface area contributed by atoms with Gasteiger partial charge in [0.2, 0.25) is 5.91 Å². The number of hydrogen-bond acceptors (Lipinski definition) is 2. The summed E-state index contributed by atoms with van der Waals surface area (Å²) in [5.41, 5.74) is 0. The Kier molecular flexibility index (Phi) is 2.05. The normalized spacial score (nSPS) is 34.9. The number of piperidine rings is 1. The molecule has 3 heteroatoms. The van der Waals surface area contributed by atoms with Crippen LogP contribution < -0.4 is 5.32 Å². The Morgan fingerprint density at radius 2 is 2.33 bits per heavy atom. The summed E-state index contributed by atoms with van der Waals surface area (Å²) in [4.78, 5) is 13.3. The van der Waals surface area contributed by atoms with Crippen LogP contribution in [-0.2, 0) is 4.79 Å². The highest BCUT2D eigenvalue weighted by atomic mass is 16.2. The van der Waals surface area contributed by atoms with Gasteiger partial charge in [0, 0.05) is 32.6 Å². The maximum atomic E-state index is 11.2. The molecule has 0 aliphatic carbocycles. The molecule has 0 aromatic rings. The fourth-order valence-corrected chi connectivity index (χ4v) is 2.46. The van der Waals surface area contributed by atoms with Crippen LogP contribution in [0.3, 0.4) is 0 Å². The molecule has 2 fully saturated rings. The third-order valence-electron chi connectivity index (χ3n) is 3.08. The number of carbonyl (C=O) groups is 1. The lowest BCUT2D eigenvalue weighted by Gasteiger charge is -2.36. The predicted molar refractivity (Wildman–Crippen MR) is 46.8 cm³/mol. The van der Waals surface area contributed by atoms with Crippen molar-refractivity contribution in [1.29, 1.82) is 0 Å². The predicted octanol–water partition coefficient (Wildman–Crippen LogP) is 0.217. The van der Waals surface area contributed by atoms with Crippen LogP contribution in [0, 0.1) is 5.92 Å². The van der Waals surface area contributed by atoms with Gasteiger partial charge in [-0.05, 0) is 18.8 Å². The first-order chi connectivity index (χ1) is 5.79. The first-order valence-corrected chi connectivity index (χ1v) is 4.77. The van der Waals surface area contributed by atoms with Crippen LogP contribution in [-0.4, -0.2) is 36.5 Å². The third kappa shape index (κ3) is 1.22. The van der Waals surface area contributed by atoms with Gasteiger partial charge in [0.15, 0.2) is 0 Å². The van der Waals surface area contributed by atoms with Crippen molar-refractivity contribution in [3.63, 3.8) is 0 Å². The molecule has 1 unspecified atom stereocenters. The summed E-state index contributed by atoms with van der Waals surface area (Å²) in [6.45, 7) is 4.76. The Labute approximate surface area is 73.1 Å². The molecule has 0 aromatic carbocycles. The molecule has 12 heavy (non-hydrogen) atoms. The van der Waals surface area contributed by atoms with Crippen molar-refractivity contribution in [3.8, 4) is 0 Å². The molecule has 3 nitrogen and oxygen atoms in total. The smallest absolute Gasteiger partial charge is 0.219 e. The molecule has 0 spiro atoms. The van der Waals surface area contributed by atoms with E-state index in [4.69, 9.17) is 0 Å². The zero-order valence-corrected chi connectivity index (χ0v) is 7.55. The Morgan fingerprint density at radius 3 is 3.08 bits per heavy atom. The molecule has 68 valence electrons. The topological polar surface area (TPSA) is 32.3 Å². The summed E-state index contributed by atoms with van der Waals surface area (Å²) in [5, 5.41) is 3.36. The molecule has 2 atom stereocenters. The highest BCUT2D eigenvalue weighted by Crippen LogP contribution is 2.26. The Bertz CT molecular complexity index is 193. The second-order valence-corrected chi connectivity index (χ2v) is 3.84. The minimum Gasteiger partial charge on any atom is -0.338 e. The molecule has 2 saturated heterocycles. The first-order valence-electron chi connectivity index (χ1n) is 4.77. The van der Waals surface area contributed by atoms with Crippen molar-refractivity contribution in [2.45, 2.75) is 25.8 Å². The minimum absolute atomic E-state index is 0.244. The van der Waals surface area contributed by atoms with Gasteiger partial charge in [0.05, 0.1) is 0 Å². The second-order valence-electron chi connectivity index (χ2n) is 3.84. The highest BCUT2D eigenvalue weighted by molar-refractivity contribution is 5.73. The van der Waals surface area contributed by atoms with Gasteiger partial charge < -0.3 is 10.2 Å². The fourth-order valence-electron chi connectivity index (χ4n) is 2.46. The monoisotopic (exact) mass is 168 g/mol. The van der Waals surface area contributed by atoms with Gasteiger partial charge >= 0.3 is 0 Å². The van der Waals surface area contributed by atoms with Crippen LogP contribution in [0.4, 0.5) is 0 Å². The zero-order chi connectivity index (χ0) is 8.55. The van der Waals surface area contributed by atoms with Gasteiger partial charge in [-0.15, -0.1) is 0 Å². The summed E-state index contributed by atoms with van der Waals surface area (Å²) in [5.74, 6) is 0.969. The molecule has 0 saturated carbocycles. The second kappa shape index (κ2) is 3.05. The van der Waals surface area contributed by atoms with Crippen LogP contribution in [0.25, 0.3) is 0 Å². The average Bonchev–Trinajstić information content (AvgIpc) is 2.49. The number of fused-ring (bicyclic) bond motifs is 1. The van der Waals surface area contributed by atoms with E-state index in [9.17, 15) is 4.79 Å². The van der Waals surface area contributed by atoms with Gasteiger partial charge in [-0.1, -0.05) is 0 Å². The molecule has 1 amide bonds. The zero-order valence-electron chi connectivity index (χ0n) is 7.55. The quantitative estimate of drug-likeness (QED) is 0.561. The summed E-state index contributed by atoms with van der Waals surface area (Å²) in [6, 6.07) is 0.497. The number of carbonyl (C=O) groups excluding carboxylic acids is 1. The van der Waals surface area contributed by atoms with Crippen molar-refractivity contribution >= 4 is 5.91 Å². The summed E-state index contributed by atoms with van der Waals surface area (Å²) in [7, 11) is 0. The largest absolute Gasteiger partial charge is 0.338 e. The number of rotatable bonds is 0. The van der Waals surface area contributed by atoms with E-state index in [0.717, 1.165) is 25.6 Å². The lowest BCUT2D eigenvalue weighted by atomic mass is 9.92. The number of amides is 1. The average molecular weight is 168 g/mol. The molecular formula is C9H16N2O. The van der Waals surface area contributed by atoms with Crippen molar-refractivity contribution < 1.29 is 4.79 Å². The van der Waals surface area contributed by atoms with Crippen LogP contribution in [0.5, 0.6) is 0 Å². The van der Waals surface area contributed by atoms with Crippen LogP contribution in [0.1, 0.15) is 19.8 Å². The van der Waals surface area contributed by atoms with Gasteiger partial charge in [-0.25, -0.2) is 0 Å². The first kappa shape index (κ1) is 8.05. The highest BCUT2D eigenvalue weighted by Gasteiger charge is 2.35. The van der Waals surface area contributed by atoms with E-state index in [-0.39, 0.29) is 5.91 Å². The molecular weight excluding hydrogens is 152 g/mol. The van der Waals surface area contributed by atoms with Crippen LogP contribution in [0.15, 0.2) is 0 Å². The minimum atomic E-state index is 0.244. The Balaban J connectivity index is 2.08. The van der Waals surface area contributed by atoms with Crippen molar-refractivity contribution in [2.75, 3.05) is 19.6 Å². The van der Waals surface area contributed by atoms with E-state index in [0.29, 0.717) is 6.04 Å². The van der Waals surface area contributed by atoms with E-state index in [2.05, 4.69) is 5.32 Å². The number of hydrogen-bond donors (Lipinski definition) is 1. The van der Waals surface area contributed by atoms with Gasteiger partial charge in [0.25, 0.3) is 0 Å². The van der Waals surface area contributed by atoms with E-state index in [1.54, 1.807) is 6.92 Å². The summed E-state index contributed by atoms with van der Waals surface area (Å²) >= 11 is 0. The molecule has 1 N–H and O–H groups in total. The summed E-state index contributed by atoms with van der Waals surface area (Å²) < 4.78 is 0. The van der Waals surface area contributed by atoms with E-state index >= 15 is 0 Å². The molecule has 0 bridgehead atoms. The number of nitrogens with one attached hydrogen (secondary N) is 1. The van der Waals surface area contributed by atoms with E-state index in [1.165, 1.54) is 12.8 Å². The van der Waals surface area contributed by atoms with E-state index < -0.39 is 0 Å². The molecule has 2 heterocycles. The molecule has 0 radical (unpaired) electrons. The van der Waals surface area contributed by atoms with Gasteiger partial charge in [-0.2, -0.15) is 0 Å². The SMILES string of the molecule is CC(=O)N1CCC[C@@H]2CNCC21. The van der Waals surface area contributed by atoms with Gasteiger partial charge in [0.1, 0.15) is 0 Å². The van der Waals surface area contributed by atoms with Crippen LogP contribution in [0.2, 0.25) is 0 Å². The van der Waals surface area contributed by atoms with Gasteiger partial charge in [-0.3, -0.25) is 4.79 Å². The van der Waals surface area contributed by atoms with Crippen molar-refractivity contribution in [2.24, 2.45) is 5.92 Å². The maximum absolute atomic E-state index is 11.2. The van der Waals surface area contributed by atoms with Crippen molar-refractivity contribution in [1.82, 2.24) is 10.2 Å². The molecule has 2 rings (SSSR count). The van der Waals surface area contributed by atoms with Crippen LogP contribution >= 0.6 is 0 Å². The Morgan fingerprint density at radius 1 is 1.50 bits per heavy atom. The summed E-state index contributed by atoms with van der Waals surface area (Å²) in [6.07, 6.45) is 2.48. The number of nitrogens with zero attached hydrogens (tertiary/aromatic N) is 1. The lowest BCUT2D eigenvalue weighted by molar-refractivity contribution is -0.132. The standard InChI is InChI=1S/C9H16N2O/c1-7(12)11-4-2-3-8-5-10-6-9(8)11/h8-10H,2-6H2,1H3/t8-,9?/m1/s1. The molecule has 2 aliphatic heterocycles. The van der Waals surface area contributed by atoms with E-state index in [1.807, 2.05) is 4.90 Å².